The fraction of sp³-hybridized carbons (Fsp3) is 0.571. The molecule has 0 radical (unpaired) electrons. The smallest absolute Gasteiger partial charge is 0.160 e. The molecule has 18 heavy (non-hydrogen) atoms. The van der Waals surface area contributed by atoms with Crippen LogP contribution in [0.5, 0.6) is 11.5 Å². The average molecular weight is 251 g/mol. The molecule has 1 heterocycles. The minimum Gasteiger partial charge on any atom is -0.504 e. The number of hydrogen-bond acceptors (Lipinski definition) is 4. The van der Waals surface area contributed by atoms with Crippen molar-refractivity contribution in [2.45, 2.75) is 38.5 Å². The number of nitrogens with one attached hydrogen (secondary N) is 1. The number of phenolic OH excluding ortho intramolecular Hbond substituents is 1. The lowest BCUT2D eigenvalue weighted by atomic mass is 9.94. The van der Waals surface area contributed by atoms with Crippen molar-refractivity contribution < 1.29 is 14.6 Å². The molecule has 2 N–H and O–H groups in total. The van der Waals surface area contributed by atoms with Gasteiger partial charge in [0.05, 0.1) is 13.2 Å². The molecule has 0 spiro atoms. The Morgan fingerprint density at radius 1 is 1.56 bits per heavy atom. The molecule has 1 aliphatic rings. The zero-order chi connectivity index (χ0) is 13.2. The Kier molecular flexibility index (Phi) is 3.78. The van der Waals surface area contributed by atoms with E-state index < -0.39 is 0 Å². The summed E-state index contributed by atoms with van der Waals surface area (Å²) < 4.78 is 10.7. The molecule has 2 rings (SSSR count). The SMILES string of the molecule is COc1cc(CNC2(C)CCOC2C)ccc1O. The second-order valence-electron chi connectivity index (χ2n) is 5.04. The van der Waals surface area contributed by atoms with E-state index in [9.17, 15) is 5.11 Å². The van der Waals surface area contributed by atoms with Crippen LogP contribution in [-0.2, 0) is 11.3 Å². The van der Waals surface area contributed by atoms with Crippen molar-refractivity contribution in [1.29, 1.82) is 0 Å². The van der Waals surface area contributed by atoms with Gasteiger partial charge in [0.25, 0.3) is 0 Å². The Labute approximate surface area is 108 Å². The molecule has 0 aliphatic carbocycles. The molecule has 1 saturated heterocycles. The summed E-state index contributed by atoms with van der Waals surface area (Å²) in [4.78, 5) is 0. The molecule has 2 atom stereocenters. The molecule has 0 aromatic heterocycles. The van der Waals surface area contributed by atoms with Crippen LogP contribution in [0, 0.1) is 0 Å². The fourth-order valence-electron chi connectivity index (χ4n) is 2.20. The van der Waals surface area contributed by atoms with Gasteiger partial charge in [-0.1, -0.05) is 6.07 Å². The van der Waals surface area contributed by atoms with Gasteiger partial charge in [0.15, 0.2) is 11.5 Å². The Balaban J connectivity index is 2.02. The van der Waals surface area contributed by atoms with Gasteiger partial charge in [-0.25, -0.2) is 0 Å². The number of aromatic hydroxyl groups is 1. The highest BCUT2D eigenvalue weighted by Gasteiger charge is 2.36. The zero-order valence-electron chi connectivity index (χ0n) is 11.2. The molecule has 0 amide bonds. The summed E-state index contributed by atoms with van der Waals surface area (Å²) in [7, 11) is 1.56. The molecular formula is C14H21NO3. The van der Waals surface area contributed by atoms with Gasteiger partial charge in [-0.15, -0.1) is 0 Å². The number of methoxy groups -OCH3 is 1. The van der Waals surface area contributed by atoms with Gasteiger partial charge < -0.3 is 19.9 Å². The van der Waals surface area contributed by atoms with Crippen LogP contribution in [0.3, 0.4) is 0 Å². The standard InChI is InChI=1S/C14H21NO3/c1-10-14(2,6-7-18-10)15-9-11-4-5-12(16)13(8-11)17-3/h4-5,8,10,15-16H,6-7,9H2,1-3H3. The molecule has 1 aromatic rings. The summed E-state index contributed by atoms with van der Waals surface area (Å²) in [6.07, 6.45) is 1.24. The van der Waals surface area contributed by atoms with E-state index in [2.05, 4.69) is 19.2 Å². The van der Waals surface area contributed by atoms with Crippen molar-refractivity contribution in [2.75, 3.05) is 13.7 Å². The van der Waals surface area contributed by atoms with E-state index in [0.29, 0.717) is 5.75 Å². The predicted molar refractivity (Wildman–Crippen MR) is 69.9 cm³/mol. The number of phenols is 1. The summed E-state index contributed by atoms with van der Waals surface area (Å²) in [5.41, 5.74) is 1.11. The summed E-state index contributed by atoms with van der Waals surface area (Å²) in [5, 5.41) is 13.1. The van der Waals surface area contributed by atoms with Crippen molar-refractivity contribution in [1.82, 2.24) is 5.32 Å². The number of rotatable bonds is 4. The fourth-order valence-corrected chi connectivity index (χ4v) is 2.20. The van der Waals surface area contributed by atoms with Crippen molar-refractivity contribution >= 4 is 0 Å². The summed E-state index contributed by atoms with van der Waals surface area (Å²) in [5.74, 6) is 0.681. The zero-order valence-corrected chi connectivity index (χ0v) is 11.2. The van der Waals surface area contributed by atoms with Crippen LogP contribution in [0.4, 0.5) is 0 Å². The van der Waals surface area contributed by atoms with E-state index in [1.165, 1.54) is 0 Å². The second-order valence-corrected chi connectivity index (χ2v) is 5.04. The first-order valence-electron chi connectivity index (χ1n) is 6.28. The molecule has 4 heteroatoms. The van der Waals surface area contributed by atoms with Gasteiger partial charge in [0, 0.05) is 18.7 Å². The summed E-state index contributed by atoms with van der Waals surface area (Å²) >= 11 is 0. The van der Waals surface area contributed by atoms with E-state index in [0.717, 1.165) is 25.1 Å². The van der Waals surface area contributed by atoms with Gasteiger partial charge in [-0.2, -0.15) is 0 Å². The maximum atomic E-state index is 9.54. The van der Waals surface area contributed by atoms with Crippen LogP contribution in [0.2, 0.25) is 0 Å². The molecule has 1 fully saturated rings. The van der Waals surface area contributed by atoms with Gasteiger partial charge >= 0.3 is 0 Å². The van der Waals surface area contributed by atoms with Gasteiger partial charge in [-0.3, -0.25) is 0 Å². The average Bonchev–Trinajstić information content (AvgIpc) is 2.69. The molecule has 0 bridgehead atoms. The lowest BCUT2D eigenvalue weighted by molar-refractivity contribution is 0.0881. The highest BCUT2D eigenvalue weighted by atomic mass is 16.5. The van der Waals surface area contributed by atoms with E-state index in [1.807, 2.05) is 12.1 Å². The van der Waals surface area contributed by atoms with Crippen molar-refractivity contribution in [3.05, 3.63) is 23.8 Å². The third kappa shape index (κ3) is 2.60. The molecule has 100 valence electrons. The number of benzene rings is 1. The molecule has 1 aromatic carbocycles. The Morgan fingerprint density at radius 3 is 2.94 bits per heavy atom. The summed E-state index contributed by atoms with van der Waals surface area (Å²) in [6, 6.07) is 5.41. The number of hydrogen-bond donors (Lipinski definition) is 2. The Hall–Kier alpha value is -1.26. The predicted octanol–water partition coefficient (Wildman–Crippen LogP) is 2.06. The minimum absolute atomic E-state index is 0.0190. The lowest BCUT2D eigenvalue weighted by Gasteiger charge is -2.29. The second kappa shape index (κ2) is 5.16. The van der Waals surface area contributed by atoms with Crippen LogP contribution >= 0.6 is 0 Å². The van der Waals surface area contributed by atoms with Gasteiger partial charge in [-0.05, 0) is 38.0 Å². The first-order chi connectivity index (χ1) is 8.55. The maximum absolute atomic E-state index is 9.54. The van der Waals surface area contributed by atoms with E-state index in [-0.39, 0.29) is 17.4 Å². The first-order valence-corrected chi connectivity index (χ1v) is 6.28. The van der Waals surface area contributed by atoms with E-state index in [4.69, 9.17) is 9.47 Å². The largest absolute Gasteiger partial charge is 0.504 e. The quantitative estimate of drug-likeness (QED) is 0.860. The first kappa shape index (κ1) is 13.2. The monoisotopic (exact) mass is 251 g/mol. The van der Waals surface area contributed by atoms with Crippen LogP contribution in [-0.4, -0.2) is 30.5 Å². The van der Waals surface area contributed by atoms with E-state index in [1.54, 1.807) is 13.2 Å². The van der Waals surface area contributed by atoms with Crippen molar-refractivity contribution in [2.24, 2.45) is 0 Å². The van der Waals surface area contributed by atoms with Crippen molar-refractivity contribution in [3.63, 3.8) is 0 Å². The lowest BCUT2D eigenvalue weighted by Crippen LogP contribution is -2.47. The maximum Gasteiger partial charge on any atom is 0.160 e. The van der Waals surface area contributed by atoms with Crippen LogP contribution in [0.25, 0.3) is 0 Å². The highest BCUT2D eigenvalue weighted by Crippen LogP contribution is 2.28. The molecule has 1 aliphatic heterocycles. The van der Waals surface area contributed by atoms with Gasteiger partial charge in [0.2, 0.25) is 0 Å². The van der Waals surface area contributed by atoms with E-state index >= 15 is 0 Å². The minimum atomic E-state index is 0.0190. The Bertz CT molecular complexity index is 422. The Morgan fingerprint density at radius 2 is 2.33 bits per heavy atom. The molecular weight excluding hydrogens is 230 g/mol. The van der Waals surface area contributed by atoms with Crippen molar-refractivity contribution in [3.8, 4) is 11.5 Å². The summed E-state index contributed by atoms with van der Waals surface area (Å²) in [6.45, 7) is 5.82. The molecule has 4 nitrogen and oxygen atoms in total. The van der Waals surface area contributed by atoms with Crippen LogP contribution in [0.15, 0.2) is 18.2 Å². The third-order valence-corrected chi connectivity index (χ3v) is 3.83. The van der Waals surface area contributed by atoms with Crippen LogP contribution < -0.4 is 10.1 Å². The topological polar surface area (TPSA) is 50.7 Å². The molecule has 0 saturated carbocycles. The third-order valence-electron chi connectivity index (χ3n) is 3.83. The number of ether oxygens (including phenoxy) is 2. The van der Waals surface area contributed by atoms with Crippen LogP contribution in [0.1, 0.15) is 25.8 Å². The highest BCUT2D eigenvalue weighted by molar-refractivity contribution is 5.41. The van der Waals surface area contributed by atoms with Gasteiger partial charge in [0.1, 0.15) is 0 Å². The molecule has 2 unspecified atom stereocenters. The normalized spacial score (nSPS) is 27.4.